The fourth-order valence-electron chi connectivity index (χ4n) is 3.30. The summed E-state index contributed by atoms with van der Waals surface area (Å²) in [5, 5.41) is 17.1. The van der Waals surface area contributed by atoms with Crippen LogP contribution < -0.4 is 0 Å². The van der Waals surface area contributed by atoms with Crippen molar-refractivity contribution in [2.45, 2.75) is 101 Å². The van der Waals surface area contributed by atoms with Gasteiger partial charge in [0.05, 0.1) is 24.4 Å². The van der Waals surface area contributed by atoms with Gasteiger partial charge in [0.25, 0.3) is 0 Å². The highest BCUT2D eigenvalue weighted by atomic mass is 16.6. The quantitative estimate of drug-likeness (QED) is 0.350. The highest BCUT2D eigenvalue weighted by Gasteiger charge is 2.42. The van der Waals surface area contributed by atoms with Crippen LogP contribution in [0.15, 0.2) is 0 Å². The average Bonchev–Trinajstić information content (AvgIpc) is 3.40. The van der Waals surface area contributed by atoms with E-state index in [4.69, 9.17) is 19.7 Å². The van der Waals surface area contributed by atoms with Crippen LogP contribution in [0.4, 0.5) is 0 Å². The molecule has 2 saturated heterocycles. The van der Waals surface area contributed by atoms with Gasteiger partial charge in [-0.05, 0) is 38.5 Å². The van der Waals surface area contributed by atoms with Crippen LogP contribution >= 0.6 is 0 Å². The lowest BCUT2D eigenvalue weighted by molar-refractivity contribution is -0.138. The second-order valence-electron chi connectivity index (χ2n) is 6.99. The molecule has 0 aromatic heterocycles. The zero-order chi connectivity index (χ0) is 17.4. The van der Waals surface area contributed by atoms with Gasteiger partial charge < -0.3 is 19.7 Å². The van der Waals surface area contributed by atoms with Crippen LogP contribution in [-0.4, -0.2) is 46.6 Å². The van der Waals surface area contributed by atoms with E-state index in [1.54, 1.807) is 0 Å². The van der Waals surface area contributed by atoms with Gasteiger partial charge in [-0.25, -0.2) is 0 Å². The van der Waals surface area contributed by atoms with Crippen LogP contribution in [0.5, 0.6) is 0 Å². The molecule has 6 heteroatoms. The van der Waals surface area contributed by atoms with Crippen LogP contribution in [0, 0.1) is 0 Å². The Hall–Kier alpha value is -1.14. The maximum Gasteiger partial charge on any atom is 0.303 e. The Balaban J connectivity index is 1.36. The number of epoxide rings is 2. The minimum atomic E-state index is -0.712. The zero-order valence-electron chi connectivity index (χ0n) is 14.3. The van der Waals surface area contributed by atoms with Crippen molar-refractivity contribution in [3.05, 3.63) is 0 Å². The van der Waals surface area contributed by atoms with Gasteiger partial charge >= 0.3 is 11.9 Å². The lowest BCUT2D eigenvalue weighted by Gasteiger charge is -1.98. The Bertz CT molecular complexity index is 372. The van der Waals surface area contributed by atoms with Crippen LogP contribution in [0.25, 0.3) is 0 Å². The first-order chi connectivity index (χ1) is 11.6. The predicted octanol–water partition coefficient (Wildman–Crippen LogP) is 3.37. The number of carboxylic acids is 2. The molecule has 2 aliphatic rings. The molecule has 138 valence electrons. The lowest BCUT2D eigenvalue weighted by Crippen LogP contribution is -2.00. The summed E-state index contributed by atoms with van der Waals surface area (Å²) in [5.74, 6) is -1.42. The number of aliphatic carboxylic acids is 2. The van der Waals surface area contributed by atoms with Crippen molar-refractivity contribution in [3.63, 3.8) is 0 Å². The molecule has 4 atom stereocenters. The van der Waals surface area contributed by atoms with Gasteiger partial charge in [-0.1, -0.05) is 25.7 Å². The van der Waals surface area contributed by atoms with Gasteiger partial charge in [0.1, 0.15) is 0 Å². The molecule has 6 nitrogen and oxygen atoms in total. The maximum atomic E-state index is 10.4. The van der Waals surface area contributed by atoms with Gasteiger partial charge in [0.15, 0.2) is 0 Å². The van der Waals surface area contributed by atoms with Crippen molar-refractivity contribution in [2.24, 2.45) is 0 Å². The molecule has 2 N–H and O–H groups in total. The third kappa shape index (κ3) is 8.11. The third-order valence-corrected chi connectivity index (χ3v) is 4.87. The number of hydrogen-bond acceptors (Lipinski definition) is 4. The van der Waals surface area contributed by atoms with Crippen LogP contribution in [-0.2, 0) is 19.1 Å². The lowest BCUT2D eigenvalue weighted by atomic mass is 10.0. The number of hydrogen-bond donors (Lipinski definition) is 2. The minimum absolute atomic E-state index is 0.270. The topological polar surface area (TPSA) is 99.7 Å². The first-order valence-electron chi connectivity index (χ1n) is 9.31. The van der Waals surface area contributed by atoms with Gasteiger partial charge in [0.2, 0.25) is 0 Å². The first kappa shape index (κ1) is 19.2. The molecular weight excluding hydrogens is 312 g/mol. The monoisotopic (exact) mass is 342 g/mol. The first-order valence-corrected chi connectivity index (χ1v) is 9.31. The molecule has 24 heavy (non-hydrogen) atoms. The Morgan fingerprint density at radius 2 is 0.958 bits per heavy atom. The van der Waals surface area contributed by atoms with E-state index >= 15 is 0 Å². The van der Waals surface area contributed by atoms with E-state index in [1.165, 1.54) is 0 Å². The molecule has 2 fully saturated rings. The summed E-state index contributed by atoms with van der Waals surface area (Å²) in [7, 11) is 0. The van der Waals surface area contributed by atoms with Crippen molar-refractivity contribution in [2.75, 3.05) is 0 Å². The summed E-state index contributed by atoms with van der Waals surface area (Å²) in [5.41, 5.74) is 0. The van der Waals surface area contributed by atoms with E-state index in [-0.39, 0.29) is 12.8 Å². The van der Waals surface area contributed by atoms with Crippen molar-refractivity contribution in [1.29, 1.82) is 0 Å². The molecule has 0 saturated carbocycles. The number of carboxylic acid groups (broad SMARTS) is 2. The van der Waals surface area contributed by atoms with Gasteiger partial charge in [-0.15, -0.1) is 0 Å². The highest BCUT2D eigenvalue weighted by Crippen LogP contribution is 2.36. The largest absolute Gasteiger partial charge is 0.481 e. The molecule has 0 radical (unpaired) electrons. The van der Waals surface area contributed by atoms with E-state index in [1.807, 2.05) is 0 Å². The van der Waals surface area contributed by atoms with Crippen LogP contribution in [0.2, 0.25) is 0 Å². The van der Waals surface area contributed by atoms with E-state index in [0.29, 0.717) is 24.4 Å². The van der Waals surface area contributed by atoms with Crippen molar-refractivity contribution in [1.82, 2.24) is 0 Å². The summed E-state index contributed by atoms with van der Waals surface area (Å²) in [4.78, 5) is 20.8. The van der Waals surface area contributed by atoms with Crippen LogP contribution in [0.1, 0.15) is 77.0 Å². The summed E-state index contributed by atoms with van der Waals surface area (Å²) < 4.78 is 11.3. The van der Waals surface area contributed by atoms with Crippen LogP contribution in [0.3, 0.4) is 0 Å². The summed E-state index contributed by atoms with van der Waals surface area (Å²) in [6.45, 7) is 0. The molecule has 0 bridgehead atoms. The third-order valence-electron chi connectivity index (χ3n) is 4.87. The maximum absolute atomic E-state index is 10.4. The van der Waals surface area contributed by atoms with Gasteiger partial charge in [-0.3, -0.25) is 9.59 Å². The van der Waals surface area contributed by atoms with Gasteiger partial charge in [-0.2, -0.15) is 0 Å². The summed E-state index contributed by atoms with van der Waals surface area (Å²) >= 11 is 0. The number of rotatable bonds is 15. The molecule has 0 amide bonds. The van der Waals surface area contributed by atoms with Crippen molar-refractivity contribution in [3.8, 4) is 0 Å². The average molecular weight is 342 g/mol. The SMILES string of the molecule is O=C(O)CCCCCC1OC1CCC1OC1CCCCCC(=O)O. The highest BCUT2D eigenvalue weighted by molar-refractivity contribution is 5.66. The molecule has 2 rings (SSSR count). The Morgan fingerprint density at radius 3 is 1.33 bits per heavy atom. The standard InChI is InChI=1S/C18H30O6/c19-17(20)9-5-1-3-7-13-15(23-13)11-12-16-14(24-16)8-4-2-6-10-18(21)22/h13-16H,1-12H2,(H,19,20)(H,21,22). The fraction of sp³-hybridized carbons (Fsp3) is 0.889. The molecular formula is C18H30O6. The minimum Gasteiger partial charge on any atom is -0.481 e. The normalized spacial score (nSPS) is 27.8. The summed E-state index contributed by atoms with van der Waals surface area (Å²) in [6.07, 6.45) is 11.8. The van der Waals surface area contributed by atoms with Crippen molar-refractivity contribution >= 4 is 11.9 Å². The van der Waals surface area contributed by atoms with E-state index in [2.05, 4.69) is 0 Å². The Morgan fingerprint density at radius 1 is 0.583 bits per heavy atom. The van der Waals surface area contributed by atoms with E-state index in [9.17, 15) is 9.59 Å². The second kappa shape index (κ2) is 9.99. The predicted molar refractivity (Wildman–Crippen MR) is 88.0 cm³/mol. The fourth-order valence-corrected chi connectivity index (χ4v) is 3.30. The number of unbranched alkanes of at least 4 members (excludes halogenated alkanes) is 4. The van der Waals surface area contributed by atoms with E-state index in [0.717, 1.165) is 64.2 Å². The zero-order valence-corrected chi connectivity index (χ0v) is 14.3. The molecule has 0 aliphatic carbocycles. The Kier molecular flexibility index (Phi) is 7.99. The molecule has 0 aromatic carbocycles. The number of ether oxygens (including phenoxy) is 2. The molecule has 0 aromatic rings. The van der Waals surface area contributed by atoms with Gasteiger partial charge in [0, 0.05) is 12.8 Å². The summed E-state index contributed by atoms with van der Waals surface area (Å²) in [6, 6.07) is 0. The molecule has 2 heterocycles. The van der Waals surface area contributed by atoms with Crippen molar-refractivity contribution < 1.29 is 29.3 Å². The molecule has 0 spiro atoms. The number of carbonyl (C=O) groups is 2. The molecule has 4 unspecified atom stereocenters. The Labute approximate surface area is 143 Å². The van der Waals surface area contributed by atoms with E-state index < -0.39 is 11.9 Å². The molecule has 2 aliphatic heterocycles. The smallest absolute Gasteiger partial charge is 0.303 e. The second-order valence-corrected chi connectivity index (χ2v) is 6.99.